The first kappa shape index (κ1) is 14.8. The summed E-state index contributed by atoms with van der Waals surface area (Å²) in [6.07, 6.45) is -0.236. The largest absolute Gasteiger partial charge is 0.377 e. The molecule has 0 radical (unpaired) electrons. The number of hydrogen-bond acceptors (Lipinski definition) is 4. The molecule has 0 aliphatic heterocycles. The zero-order chi connectivity index (χ0) is 10.9. The van der Waals surface area contributed by atoms with Crippen LogP contribution in [0.5, 0.6) is 0 Å². The third-order valence-electron chi connectivity index (χ3n) is 1.27. The summed E-state index contributed by atoms with van der Waals surface area (Å²) in [5.41, 5.74) is 0. The van der Waals surface area contributed by atoms with Gasteiger partial charge in [-0.05, 0) is 20.8 Å². The highest BCUT2D eigenvalue weighted by Crippen LogP contribution is 1.85. The van der Waals surface area contributed by atoms with E-state index in [4.69, 9.17) is 0 Å². The molecule has 0 heterocycles. The maximum absolute atomic E-state index is 10.2. The highest BCUT2D eigenvalue weighted by atomic mass is 16.5. The van der Waals surface area contributed by atoms with E-state index in [0.29, 0.717) is 0 Å². The third kappa shape index (κ3) is 14.2. The average Bonchev–Trinajstić information content (AvgIpc) is 2.03. The van der Waals surface area contributed by atoms with Crippen LogP contribution in [-0.4, -0.2) is 38.5 Å². The van der Waals surface area contributed by atoms with Crippen molar-refractivity contribution in [2.45, 2.75) is 26.9 Å². The van der Waals surface area contributed by atoms with Gasteiger partial charge in [0.2, 0.25) is 0 Å². The van der Waals surface area contributed by atoms with Gasteiger partial charge in [-0.3, -0.25) is 9.59 Å². The van der Waals surface area contributed by atoms with E-state index in [1.165, 1.54) is 28.1 Å². The van der Waals surface area contributed by atoms with Crippen LogP contribution < -0.4 is 0 Å². The lowest BCUT2D eigenvalue weighted by Crippen LogP contribution is -2.14. The molecule has 4 nitrogen and oxygen atoms in total. The highest BCUT2D eigenvalue weighted by Gasteiger charge is 2.01. The Labute approximate surface area is 79.2 Å². The van der Waals surface area contributed by atoms with Gasteiger partial charge in [0.25, 0.3) is 0 Å². The van der Waals surface area contributed by atoms with Gasteiger partial charge in [0.15, 0.2) is 11.6 Å². The third-order valence-corrected chi connectivity index (χ3v) is 1.27. The molecule has 0 N–H and O–H groups in total. The molecule has 1 unspecified atom stereocenters. The molecule has 0 aromatic carbocycles. The number of carbonyl (C=O) groups is 2. The second-order valence-corrected chi connectivity index (χ2v) is 2.62. The molecule has 0 aromatic rings. The summed E-state index contributed by atoms with van der Waals surface area (Å²) in [6.45, 7) is 4.96. The van der Waals surface area contributed by atoms with Crippen molar-refractivity contribution in [3.8, 4) is 0 Å². The summed E-state index contributed by atoms with van der Waals surface area (Å²) in [7, 11) is 3.02. The lowest BCUT2D eigenvalue weighted by molar-refractivity contribution is -0.125. The minimum absolute atomic E-state index is 0.0671. The summed E-state index contributed by atoms with van der Waals surface area (Å²) in [4.78, 5) is 20.2. The van der Waals surface area contributed by atoms with Crippen LogP contribution in [0.1, 0.15) is 20.8 Å². The summed E-state index contributed by atoms with van der Waals surface area (Å²) < 4.78 is 9.12. The SMILES string of the molecule is COC(C)C(C)=O.COCC(C)=O. The van der Waals surface area contributed by atoms with Gasteiger partial charge in [0.05, 0.1) is 0 Å². The fourth-order valence-corrected chi connectivity index (χ4v) is 0.369. The first-order chi connectivity index (χ1) is 5.95. The first-order valence-corrected chi connectivity index (χ1v) is 3.97. The molecule has 0 aromatic heterocycles. The number of Topliss-reactive ketones (excluding diaryl/α,β-unsaturated/α-hetero) is 2. The van der Waals surface area contributed by atoms with E-state index in [1.807, 2.05) is 0 Å². The Bertz CT molecular complexity index is 154. The summed E-state index contributed by atoms with van der Waals surface area (Å²) in [5.74, 6) is 0.139. The van der Waals surface area contributed by atoms with Gasteiger partial charge in [-0.15, -0.1) is 0 Å². The van der Waals surface area contributed by atoms with Crippen molar-refractivity contribution >= 4 is 11.6 Å². The fourth-order valence-electron chi connectivity index (χ4n) is 0.369. The van der Waals surface area contributed by atoms with Crippen molar-refractivity contribution in [1.29, 1.82) is 0 Å². The van der Waals surface area contributed by atoms with Gasteiger partial charge in [-0.1, -0.05) is 0 Å². The van der Waals surface area contributed by atoms with Crippen molar-refractivity contribution in [2.24, 2.45) is 0 Å². The number of hydrogen-bond donors (Lipinski definition) is 0. The standard InChI is InChI=1S/C5H10O2.C4H8O2/c1-4(6)5(2)7-3;1-4(5)3-6-2/h5H,1-3H3;3H2,1-2H3. The second kappa shape index (κ2) is 9.35. The Morgan fingerprint density at radius 3 is 1.69 bits per heavy atom. The number of ketones is 2. The van der Waals surface area contributed by atoms with Crippen LogP contribution in [-0.2, 0) is 19.1 Å². The van der Waals surface area contributed by atoms with Crippen LogP contribution in [0.15, 0.2) is 0 Å². The van der Waals surface area contributed by atoms with Crippen LogP contribution in [0, 0.1) is 0 Å². The Morgan fingerprint density at radius 1 is 1.23 bits per heavy atom. The molecule has 13 heavy (non-hydrogen) atoms. The van der Waals surface area contributed by atoms with Gasteiger partial charge >= 0.3 is 0 Å². The van der Waals surface area contributed by atoms with Crippen LogP contribution >= 0.6 is 0 Å². The maximum atomic E-state index is 10.2. The molecular formula is C9H18O4. The van der Waals surface area contributed by atoms with Crippen LogP contribution in [0.4, 0.5) is 0 Å². The number of ether oxygens (including phenoxy) is 2. The summed E-state index contributed by atoms with van der Waals surface area (Å²) >= 11 is 0. The Kier molecular flexibility index (Phi) is 10.6. The highest BCUT2D eigenvalue weighted by molar-refractivity contribution is 5.79. The van der Waals surface area contributed by atoms with E-state index in [-0.39, 0.29) is 24.3 Å². The molecule has 0 saturated heterocycles. The van der Waals surface area contributed by atoms with E-state index < -0.39 is 0 Å². The topological polar surface area (TPSA) is 52.6 Å². The maximum Gasteiger partial charge on any atom is 0.158 e. The number of carbonyl (C=O) groups excluding carboxylic acids is 2. The molecule has 0 spiro atoms. The predicted octanol–water partition coefficient (Wildman–Crippen LogP) is 0.832. The van der Waals surface area contributed by atoms with Crippen molar-refractivity contribution in [3.05, 3.63) is 0 Å². The van der Waals surface area contributed by atoms with Crippen LogP contribution in [0.2, 0.25) is 0 Å². The van der Waals surface area contributed by atoms with Crippen molar-refractivity contribution in [2.75, 3.05) is 20.8 Å². The normalized spacial score (nSPS) is 11.2. The van der Waals surface area contributed by atoms with Crippen molar-refractivity contribution < 1.29 is 19.1 Å². The molecule has 0 aliphatic carbocycles. The number of methoxy groups -OCH3 is 2. The Hall–Kier alpha value is -0.740. The molecule has 78 valence electrons. The minimum Gasteiger partial charge on any atom is -0.377 e. The minimum atomic E-state index is -0.236. The van der Waals surface area contributed by atoms with Crippen LogP contribution in [0.3, 0.4) is 0 Å². The van der Waals surface area contributed by atoms with Crippen molar-refractivity contribution in [1.82, 2.24) is 0 Å². The van der Waals surface area contributed by atoms with Crippen LogP contribution in [0.25, 0.3) is 0 Å². The summed E-state index contributed by atoms with van der Waals surface area (Å²) in [5, 5.41) is 0. The fraction of sp³-hybridized carbons (Fsp3) is 0.778. The second-order valence-electron chi connectivity index (χ2n) is 2.62. The lowest BCUT2D eigenvalue weighted by atomic mass is 10.3. The molecule has 0 saturated carbocycles. The molecule has 0 aliphatic rings. The van der Waals surface area contributed by atoms with E-state index in [9.17, 15) is 9.59 Å². The molecule has 4 heteroatoms. The van der Waals surface area contributed by atoms with Gasteiger partial charge < -0.3 is 9.47 Å². The lowest BCUT2D eigenvalue weighted by Gasteiger charge is -2.00. The predicted molar refractivity (Wildman–Crippen MR) is 49.7 cm³/mol. The van der Waals surface area contributed by atoms with Gasteiger partial charge in [-0.25, -0.2) is 0 Å². The molecule has 0 amide bonds. The van der Waals surface area contributed by atoms with E-state index in [0.717, 1.165) is 0 Å². The molecule has 0 bridgehead atoms. The zero-order valence-corrected chi connectivity index (χ0v) is 8.92. The number of rotatable bonds is 4. The average molecular weight is 190 g/mol. The van der Waals surface area contributed by atoms with E-state index in [1.54, 1.807) is 6.92 Å². The monoisotopic (exact) mass is 190 g/mol. The molecule has 0 fully saturated rings. The Balaban J connectivity index is 0. The quantitative estimate of drug-likeness (QED) is 0.659. The first-order valence-electron chi connectivity index (χ1n) is 3.97. The molecular weight excluding hydrogens is 172 g/mol. The van der Waals surface area contributed by atoms with Gasteiger partial charge in [0, 0.05) is 14.2 Å². The zero-order valence-electron chi connectivity index (χ0n) is 8.92. The smallest absolute Gasteiger partial charge is 0.158 e. The van der Waals surface area contributed by atoms with Gasteiger partial charge in [-0.2, -0.15) is 0 Å². The molecule has 0 rings (SSSR count). The van der Waals surface area contributed by atoms with E-state index in [2.05, 4.69) is 9.47 Å². The summed E-state index contributed by atoms with van der Waals surface area (Å²) in [6, 6.07) is 0. The Morgan fingerprint density at radius 2 is 1.69 bits per heavy atom. The van der Waals surface area contributed by atoms with Gasteiger partial charge in [0.1, 0.15) is 12.7 Å². The molecule has 1 atom stereocenters. The van der Waals surface area contributed by atoms with E-state index >= 15 is 0 Å². The van der Waals surface area contributed by atoms with Crippen molar-refractivity contribution in [3.63, 3.8) is 0 Å².